The molecule has 30 heavy (non-hydrogen) atoms. The molecule has 3 heterocycles. The van der Waals surface area contributed by atoms with Gasteiger partial charge in [0.2, 0.25) is 5.88 Å². The van der Waals surface area contributed by atoms with Gasteiger partial charge in [0.25, 0.3) is 0 Å². The highest BCUT2D eigenvalue weighted by Gasteiger charge is 2.32. The predicted molar refractivity (Wildman–Crippen MR) is 115 cm³/mol. The van der Waals surface area contributed by atoms with Gasteiger partial charge < -0.3 is 10.1 Å². The van der Waals surface area contributed by atoms with Crippen LogP contribution in [-0.4, -0.2) is 27.1 Å². The third-order valence-electron chi connectivity index (χ3n) is 5.28. The third kappa shape index (κ3) is 3.65. The molecule has 0 amide bonds. The lowest BCUT2D eigenvalue weighted by molar-refractivity contribution is 0.103. The van der Waals surface area contributed by atoms with Crippen LogP contribution in [0.4, 0.5) is 5.82 Å². The fourth-order valence-corrected chi connectivity index (χ4v) is 3.62. The Hall–Kier alpha value is -3.98. The van der Waals surface area contributed by atoms with Crippen LogP contribution in [0, 0.1) is 11.3 Å². The summed E-state index contributed by atoms with van der Waals surface area (Å²) in [4.78, 5) is 13.2. The number of hydrogen-bond acceptors (Lipinski definition) is 6. The van der Waals surface area contributed by atoms with Crippen LogP contribution in [0.2, 0.25) is 0 Å². The van der Waals surface area contributed by atoms with Crippen LogP contribution in [0.1, 0.15) is 18.5 Å². The van der Waals surface area contributed by atoms with Gasteiger partial charge in [0.05, 0.1) is 5.52 Å². The third-order valence-corrected chi connectivity index (χ3v) is 5.28. The van der Waals surface area contributed by atoms with Crippen molar-refractivity contribution >= 4 is 16.7 Å². The molecule has 0 aliphatic heterocycles. The monoisotopic (exact) mass is 393 g/mol. The number of rotatable bonds is 5. The van der Waals surface area contributed by atoms with Gasteiger partial charge in [0.1, 0.15) is 23.7 Å². The number of pyridine rings is 3. The summed E-state index contributed by atoms with van der Waals surface area (Å²) in [5.74, 6) is 1.48. The van der Waals surface area contributed by atoms with Crippen LogP contribution < -0.4 is 10.1 Å². The molecule has 6 heteroatoms. The number of fused-ring (bicyclic) bond motifs is 1. The van der Waals surface area contributed by atoms with Gasteiger partial charge in [-0.1, -0.05) is 18.2 Å². The molecule has 0 unspecified atom stereocenters. The highest BCUT2D eigenvalue weighted by atomic mass is 16.5. The molecule has 0 atom stereocenters. The number of nitrogens with one attached hydrogen (secondary N) is 1. The average Bonchev–Trinajstić information content (AvgIpc) is 2.78. The largest absolute Gasteiger partial charge is 0.474 e. The van der Waals surface area contributed by atoms with Gasteiger partial charge in [-0.2, -0.15) is 5.26 Å². The van der Waals surface area contributed by atoms with Crippen molar-refractivity contribution in [3.63, 3.8) is 0 Å². The Morgan fingerprint density at radius 3 is 2.70 bits per heavy atom. The molecule has 0 saturated heterocycles. The van der Waals surface area contributed by atoms with Crippen molar-refractivity contribution < 1.29 is 4.74 Å². The lowest BCUT2D eigenvalue weighted by Crippen LogP contribution is -2.42. The molecule has 0 bridgehead atoms. The highest BCUT2D eigenvalue weighted by Crippen LogP contribution is 2.33. The van der Waals surface area contributed by atoms with E-state index in [-0.39, 0.29) is 6.10 Å². The van der Waals surface area contributed by atoms with E-state index >= 15 is 0 Å². The summed E-state index contributed by atoms with van der Waals surface area (Å²) in [7, 11) is 0. The Morgan fingerprint density at radius 2 is 1.87 bits per heavy atom. The number of nitriles is 1. The van der Waals surface area contributed by atoms with E-state index in [2.05, 4.69) is 32.4 Å². The molecule has 0 radical (unpaired) electrons. The average molecular weight is 393 g/mol. The number of para-hydroxylation sites is 1. The van der Waals surface area contributed by atoms with Crippen molar-refractivity contribution in [2.75, 3.05) is 5.32 Å². The molecule has 4 aromatic rings. The van der Waals surface area contributed by atoms with E-state index in [1.165, 1.54) is 0 Å². The number of ether oxygens (including phenoxy) is 1. The molecule has 1 saturated carbocycles. The van der Waals surface area contributed by atoms with Gasteiger partial charge >= 0.3 is 0 Å². The Kier molecular flexibility index (Phi) is 4.70. The number of nitrogens with zero attached hydrogens (tertiary/aromatic N) is 4. The Labute approximate surface area is 174 Å². The molecular weight excluding hydrogens is 374 g/mol. The predicted octanol–water partition coefficient (Wildman–Crippen LogP) is 4.59. The second kappa shape index (κ2) is 7.80. The maximum atomic E-state index is 8.93. The summed E-state index contributed by atoms with van der Waals surface area (Å²) in [6, 6.07) is 22.0. The van der Waals surface area contributed by atoms with Crippen molar-refractivity contribution in [2.45, 2.75) is 25.0 Å². The van der Waals surface area contributed by atoms with Crippen molar-refractivity contribution in [1.82, 2.24) is 15.0 Å². The van der Waals surface area contributed by atoms with Crippen molar-refractivity contribution in [2.24, 2.45) is 0 Å². The van der Waals surface area contributed by atoms with E-state index in [1.54, 1.807) is 18.5 Å². The summed E-state index contributed by atoms with van der Waals surface area (Å²) in [5, 5.41) is 13.6. The molecule has 6 nitrogen and oxygen atoms in total. The van der Waals surface area contributed by atoms with Gasteiger partial charge in [-0.15, -0.1) is 0 Å². The summed E-state index contributed by atoms with van der Waals surface area (Å²) >= 11 is 0. The topological polar surface area (TPSA) is 83.7 Å². The second-order valence-electron chi connectivity index (χ2n) is 7.34. The van der Waals surface area contributed by atoms with Crippen LogP contribution in [0.3, 0.4) is 0 Å². The molecule has 1 aliphatic carbocycles. The fraction of sp³-hybridized carbons (Fsp3) is 0.167. The molecule has 1 fully saturated rings. The van der Waals surface area contributed by atoms with Crippen LogP contribution in [0.25, 0.3) is 22.0 Å². The van der Waals surface area contributed by atoms with Gasteiger partial charge in [0, 0.05) is 47.8 Å². The maximum absolute atomic E-state index is 8.93. The highest BCUT2D eigenvalue weighted by molar-refractivity contribution is 5.80. The number of benzene rings is 1. The zero-order valence-electron chi connectivity index (χ0n) is 16.2. The fourth-order valence-electron chi connectivity index (χ4n) is 3.62. The Balaban J connectivity index is 1.23. The molecule has 1 N–H and O–H groups in total. The number of anilines is 1. The molecule has 3 aromatic heterocycles. The minimum absolute atomic E-state index is 0.1000. The van der Waals surface area contributed by atoms with Gasteiger partial charge in [0.15, 0.2) is 0 Å². The van der Waals surface area contributed by atoms with Crippen LogP contribution in [0.5, 0.6) is 5.88 Å². The first-order valence-electron chi connectivity index (χ1n) is 9.89. The van der Waals surface area contributed by atoms with E-state index in [0.717, 1.165) is 40.7 Å². The molecule has 146 valence electrons. The zero-order valence-corrected chi connectivity index (χ0v) is 16.2. The van der Waals surface area contributed by atoms with Crippen LogP contribution >= 0.6 is 0 Å². The Bertz CT molecular complexity index is 1230. The van der Waals surface area contributed by atoms with E-state index < -0.39 is 0 Å². The van der Waals surface area contributed by atoms with Crippen molar-refractivity contribution in [1.29, 1.82) is 5.26 Å². The molecule has 5 rings (SSSR count). The maximum Gasteiger partial charge on any atom is 0.221 e. The smallest absolute Gasteiger partial charge is 0.221 e. The molecule has 1 aromatic carbocycles. The Morgan fingerprint density at radius 1 is 0.967 bits per heavy atom. The molecule has 0 spiro atoms. The standard InChI is InChI=1S/C24H19N5O/c25-14-18-9-7-17(15-27-18)21-5-3-11-26-24(21)30-20-12-19(13-20)28-23-10-8-16-4-1-2-6-22(16)29-23/h1-11,15,19-20H,12-13H2,(H,28,29)/t19-,20-. The van der Waals surface area contributed by atoms with E-state index in [0.29, 0.717) is 17.6 Å². The molecule has 1 aliphatic rings. The molecular formula is C24H19N5O. The minimum atomic E-state index is 0.1000. The summed E-state index contributed by atoms with van der Waals surface area (Å²) in [5.41, 5.74) is 3.14. The first kappa shape index (κ1) is 18.1. The van der Waals surface area contributed by atoms with Crippen molar-refractivity contribution in [3.8, 4) is 23.1 Å². The first-order valence-corrected chi connectivity index (χ1v) is 9.89. The second-order valence-corrected chi connectivity index (χ2v) is 7.34. The van der Waals surface area contributed by atoms with Crippen molar-refractivity contribution in [3.05, 3.63) is 78.8 Å². The van der Waals surface area contributed by atoms with E-state index in [1.807, 2.05) is 48.5 Å². The van der Waals surface area contributed by atoms with Gasteiger partial charge in [-0.25, -0.2) is 15.0 Å². The van der Waals surface area contributed by atoms with E-state index in [4.69, 9.17) is 10.00 Å². The van der Waals surface area contributed by atoms with Gasteiger partial charge in [-0.3, -0.25) is 0 Å². The van der Waals surface area contributed by atoms with E-state index in [9.17, 15) is 0 Å². The SMILES string of the molecule is N#Cc1ccc(-c2cccnc2O[C@H]2C[C@H](Nc3ccc4ccccc4n3)C2)cn1. The first-order chi connectivity index (χ1) is 14.8. The number of hydrogen-bond donors (Lipinski definition) is 1. The van der Waals surface area contributed by atoms with Crippen LogP contribution in [-0.2, 0) is 0 Å². The van der Waals surface area contributed by atoms with Crippen LogP contribution in [0.15, 0.2) is 73.1 Å². The summed E-state index contributed by atoms with van der Waals surface area (Å²) < 4.78 is 6.17. The quantitative estimate of drug-likeness (QED) is 0.534. The lowest BCUT2D eigenvalue weighted by Gasteiger charge is -2.36. The number of aromatic nitrogens is 3. The zero-order chi connectivity index (χ0) is 20.3. The summed E-state index contributed by atoms with van der Waals surface area (Å²) in [6.45, 7) is 0. The van der Waals surface area contributed by atoms with Gasteiger partial charge in [-0.05, 0) is 42.5 Å². The minimum Gasteiger partial charge on any atom is -0.474 e. The lowest BCUT2D eigenvalue weighted by atomic mass is 9.89. The normalized spacial score (nSPS) is 17.7. The summed E-state index contributed by atoms with van der Waals surface area (Å²) in [6.07, 6.45) is 5.28.